The van der Waals surface area contributed by atoms with Gasteiger partial charge in [0.25, 0.3) is 0 Å². The van der Waals surface area contributed by atoms with Gasteiger partial charge in [0.1, 0.15) is 0 Å². The Morgan fingerprint density at radius 3 is 1.85 bits per heavy atom. The summed E-state index contributed by atoms with van der Waals surface area (Å²) in [5.41, 5.74) is 7.30. The molecule has 0 saturated carbocycles. The van der Waals surface area contributed by atoms with E-state index < -0.39 is 0 Å². The van der Waals surface area contributed by atoms with Crippen LogP contribution in [0.4, 0.5) is 0 Å². The molecular formula is C26H23Br. The molecule has 0 amide bonds. The van der Waals surface area contributed by atoms with Gasteiger partial charge in [-0.2, -0.15) is 0 Å². The van der Waals surface area contributed by atoms with Gasteiger partial charge in [0, 0.05) is 4.47 Å². The van der Waals surface area contributed by atoms with Crippen LogP contribution >= 0.6 is 15.9 Å². The van der Waals surface area contributed by atoms with Gasteiger partial charge in [0.05, 0.1) is 0 Å². The molecule has 0 aromatic heterocycles. The summed E-state index contributed by atoms with van der Waals surface area (Å²) in [5, 5.41) is 0. The predicted molar refractivity (Wildman–Crippen MR) is 122 cm³/mol. The van der Waals surface area contributed by atoms with Crippen molar-refractivity contribution in [2.75, 3.05) is 0 Å². The maximum Gasteiger partial charge on any atom is 0.0181 e. The monoisotopic (exact) mass is 414 g/mol. The third kappa shape index (κ3) is 5.18. The van der Waals surface area contributed by atoms with E-state index in [2.05, 4.69) is 133 Å². The van der Waals surface area contributed by atoms with Crippen molar-refractivity contribution in [3.05, 3.63) is 124 Å². The van der Waals surface area contributed by atoms with Gasteiger partial charge in [-0.05, 0) is 65.5 Å². The van der Waals surface area contributed by atoms with Crippen molar-refractivity contribution in [3.8, 4) is 0 Å². The van der Waals surface area contributed by atoms with E-state index in [1.54, 1.807) is 0 Å². The lowest BCUT2D eigenvalue weighted by Gasteiger charge is -2.10. The van der Waals surface area contributed by atoms with E-state index in [-0.39, 0.29) is 0 Å². The highest BCUT2D eigenvalue weighted by Crippen LogP contribution is 2.28. The van der Waals surface area contributed by atoms with E-state index in [9.17, 15) is 0 Å². The molecule has 0 radical (unpaired) electrons. The van der Waals surface area contributed by atoms with E-state index in [0.29, 0.717) is 0 Å². The van der Waals surface area contributed by atoms with Crippen molar-refractivity contribution in [1.29, 1.82) is 0 Å². The van der Waals surface area contributed by atoms with Crippen molar-refractivity contribution in [3.63, 3.8) is 0 Å². The number of halogens is 1. The summed E-state index contributed by atoms with van der Waals surface area (Å²) in [4.78, 5) is 0. The summed E-state index contributed by atoms with van der Waals surface area (Å²) >= 11 is 3.58. The van der Waals surface area contributed by atoms with Crippen LogP contribution in [0.1, 0.15) is 30.5 Å². The smallest absolute Gasteiger partial charge is 0.0181 e. The summed E-state index contributed by atoms with van der Waals surface area (Å²) in [6, 6.07) is 29.5. The Morgan fingerprint density at radius 2 is 1.26 bits per heavy atom. The van der Waals surface area contributed by atoms with Gasteiger partial charge in [0.2, 0.25) is 0 Å². The van der Waals surface area contributed by atoms with Gasteiger partial charge in [-0.1, -0.05) is 101 Å². The second-order valence-corrected chi connectivity index (χ2v) is 7.33. The average molecular weight is 415 g/mol. The van der Waals surface area contributed by atoms with E-state index in [1.165, 1.54) is 33.4 Å². The van der Waals surface area contributed by atoms with Crippen LogP contribution in [0.5, 0.6) is 0 Å². The zero-order chi connectivity index (χ0) is 19.1. The normalized spacial score (nSPS) is 12.9. The lowest BCUT2D eigenvalue weighted by Crippen LogP contribution is -1.87. The minimum atomic E-state index is 1.09. The Hall–Kier alpha value is -2.64. The van der Waals surface area contributed by atoms with Crippen LogP contribution in [-0.2, 0) is 0 Å². The minimum Gasteiger partial charge on any atom is -0.0798 e. The van der Waals surface area contributed by atoms with Crippen LogP contribution in [0.25, 0.3) is 16.7 Å². The molecule has 0 fully saturated rings. The molecule has 134 valence electrons. The van der Waals surface area contributed by atoms with Crippen LogP contribution in [-0.4, -0.2) is 0 Å². The summed E-state index contributed by atoms with van der Waals surface area (Å²) in [5.74, 6) is 0. The molecule has 0 saturated heterocycles. The second-order valence-electron chi connectivity index (χ2n) is 6.41. The topological polar surface area (TPSA) is 0 Å². The molecule has 0 aliphatic heterocycles. The fraction of sp³-hybridized carbons (Fsp3) is 0.0769. The first kappa shape index (κ1) is 19.1. The number of allylic oxidation sites excluding steroid dienone is 6. The Bertz CT molecular complexity index is 977. The molecule has 0 atom stereocenters. The van der Waals surface area contributed by atoms with Gasteiger partial charge >= 0.3 is 0 Å². The molecule has 3 aromatic carbocycles. The highest BCUT2D eigenvalue weighted by Gasteiger charge is 2.05. The lowest BCUT2D eigenvalue weighted by atomic mass is 9.95. The molecule has 0 unspecified atom stereocenters. The van der Waals surface area contributed by atoms with Gasteiger partial charge in [-0.25, -0.2) is 0 Å². The van der Waals surface area contributed by atoms with Crippen LogP contribution in [0, 0.1) is 0 Å². The molecule has 0 aliphatic carbocycles. The average Bonchev–Trinajstić information content (AvgIpc) is 2.72. The maximum absolute atomic E-state index is 3.58. The number of rotatable bonds is 5. The predicted octanol–water partition coefficient (Wildman–Crippen LogP) is 8.04. The number of hydrogen-bond acceptors (Lipinski definition) is 0. The first-order chi connectivity index (χ1) is 13.2. The molecule has 0 nitrogen and oxygen atoms in total. The first-order valence-electron chi connectivity index (χ1n) is 9.10. The summed E-state index contributed by atoms with van der Waals surface area (Å²) < 4.78 is 1.09. The minimum absolute atomic E-state index is 1.09. The molecule has 1 heteroatoms. The molecule has 0 bridgehead atoms. The molecule has 27 heavy (non-hydrogen) atoms. The Kier molecular flexibility index (Phi) is 6.62. The first-order valence-corrected chi connectivity index (χ1v) is 9.90. The van der Waals surface area contributed by atoms with Crippen molar-refractivity contribution in [2.45, 2.75) is 13.8 Å². The highest BCUT2D eigenvalue weighted by molar-refractivity contribution is 9.10. The summed E-state index contributed by atoms with van der Waals surface area (Å²) in [6.07, 6.45) is 6.70. The zero-order valence-corrected chi connectivity index (χ0v) is 17.3. The lowest BCUT2D eigenvalue weighted by molar-refractivity contribution is 1.54. The Labute approximate surface area is 170 Å². The summed E-state index contributed by atoms with van der Waals surface area (Å²) in [6.45, 7) is 4.25. The molecule has 3 aromatic rings. The van der Waals surface area contributed by atoms with Gasteiger partial charge in [-0.3, -0.25) is 0 Å². The molecule has 0 N–H and O–H groups in total. The summed E-state index contributed by atoms with van der Waals surface area (Å²) in [7, 11) is 0. The van der Waals surface area contributed by atoms with Gasteiger partial charge in [-0.15, -0.1) is 0 Å². The van der Waals surface area contributed by atoms with E-state index in [1.807, 2.05) is 0 Å². The molecule has 0 aliphatic rings. The van der Waals surface area contributed by atoms with Crippen LogP contribution in [0.3, 0.4) is 0 Å². The second kappa shape index (κ2) is 9.34. The number of hydrogen-bond donors (Lipinski definition) is 0. The van der Waals surface area contributed by atoms with E-state index >= 15 is 0 Å². The molecular weight excluding hydrogens is 392 g/mol. The third-order valence-corrected chi connectivity index (χ3v) is 4.98. The van der Waals surface area contributed by atoms with Crippen molar-refractivity contribution >= 4 is 32.6 Å². The standard InChI is InChI=1S/C26H23Br/c1-3-21(24-15-10-16-26(27)19-24)18-25(23-13-8-5-9-14-23)17-20(2)22-11-6-4-7-12-22/h3-19H,1-2H3/b20-17+,21-3+,25-18+. The maximum atomic E-state index is 3.58. The molecule has 0 heterocycles. The quantitative estimate of drug-likeness (QED) is 0.370. The van der Waals surface area contributed by atoms with E-state index in [0.717, 1.165) is 4.47 Å². The fourth-order valence-corrected chi connectivity index (χ4v) is 3.42. The molecule has 3 rings (SSSR count). The number of benzene rings is 3. The van der Waals surface area contributed by atoms with Crippen LogP contribution in [0.15, 0.2) is 108 Å². The van der Waals surface area contributed by atoms with Crippen molar-refractivity contribution < 1.29 is 0 Å². The fourth-order valence-electron chi connectivity index (χ4n) is 3.03. The SMILES string of the molecule is C\C=C(/C=C(\C=C(/C)c1ccccc1)c1ccccc1)c1cccc(Br)c1. The van der Waals surface area contributed by atoms with E-state index in [4.69, 9.17) is 0 Å². The van der Waals surface area contributed by atoms with Gasteiger partial charge in [0.15, 0.2) is 0 Å². The third-order valence-electron chi connectivity index (χ3n) is 4.49. The Balaban J connectivity index is 2.08. The Morgan fingerprint density at radius 1 is 0.667 bits per heavy atom. The highest BCUT2D eigenvalue weighted by atomic mass is 79.9. The largest absolute Gasteiger partial charge is 0.0798 e. The van der Waals surface area contributed by atoms with Crippen LogP contribution in [0.2, 0.25) is 0 Å². The van der Waals surface area contributed by atoms with Gasteiger partial charge < -0.3 is 0 Å². The van der Waals surface area contributed by atoms with Crippen LogP contribution < -0.4 is 0 Å². The zero-order valence-electron chi connectivity index (χ0n) is 15.7. The van der Waals surface area contributed by atoms with Crippen molar-refractivity contribution in [2.24, 2.45) is 0 Å². The molecule has 0 spiro atoms. The van der Waals surface area contributed by atoms with Crippen molar-refractivity contribution in [1.82, 2.24) is 0 Å².